The van der Waals surface area contributed by atoms with E-state index in [1.807, 2.05) is 38.2 Å². The largest absolute Gasteiger partial charge is 0.488 e. The number of para-hydroxylation sites is 2. The number of benzene rings is 3. The molecular formula is C33H39N9O5. The van der Waals surface area contributed by atoms with E-state index in [1.165, 1.54) is 11.0 Å². The molecule has 246 valence electrons. The molecule has 0 saturated heterocycles. The Labute approximate surface area is 272 Å². The number of nitrogens with two attached hydrogens (primary N) is 1. The number of nitrogen functional groups attached to an aromatic ring is 1. The predicted octanol–water partition coefficient (Wildman–Crippen LogP) is 2.50. The minimum Gasteiger partial charge on any atom is -0.488 e. The molecule has 2 heterocycles. The van der Waals surface area contributed by atoms with Crippen molar-refractivity contribution in [1.29, 1.82) is 0 Å². The summed E-state index contributed by atoms with van der Waals surface area (Å²) >= 11 is 0. The Morgan fingerprint density at radius 1 is 1.13 bits per heavy atom. The summed E-state index contributed by atoms with van der Waals surface area (Å²) in [5.41, 5.74) is 9.24. The minimum atomic E-state index is -0.429. The van der Waals surface area contributed by atoms with Gasteiger partial charge in [-0.3, -0.25) is 19.3 Å². The molecule has 1 aliphatic rings. The van der Waals surface area contributed by atoms with Crippen LogP contribution >= 0.6 is 0 Å². The molecule has 0 fully saturated rings. The second-order valence-electron chi connectivity index (χ2n) is 11.8. The maximum absolute atomic E-state index is 13.7. The van der Waals surface area contributed by atoms with Crippen molar-refractivity contribution in [3.8, 4) is 5.75 Å². The molecule has 0 saturated carbocycles. The number of nitrogens with zero attached hydrogens (tertiary/aromatic N) is 6. The summed E-state index contributed by atoms with van der Waals surface area (Å²) in [4.78, 5) is 42.8. The highest BCUT2D eigenvalue weighted by Gasteiger charge is 2.33. The highest BCUT2D eigenvalue weighted by molar-refractivity contribution is 6.05. The lowest BCUT2D eigenvalue weighted by Gasteiger charge is -2.38. The van der Waals surface area contributed by atoms with Crippen LogP contribution in [0.2, 0.25) is 0 Å². The summed E-state index contributed by atoms with van der Waals surface area (Å²) in [6.07, 6.45) is 1.03. The molecule has 0 unspecified atom stereocenters. The van der Waals surface area contributed by atoms with E-state index in [0.717, 1.165) is 5.56 Å². The number of nitrogens with one attached hydrogen (secondary N) is 2. The van der Waals surface area contributed by atoms with Crippen LogP contribution in [0.1, 0.15) is 40.1 Å². The average Bonchev–Trinajstić information content (AvgIpc) is 3.57. The van der Waals surface area contributed by atoms with Gasteiger partial charge in [-0.15, -0.1) is 5.10 Å². The Morgan fingerprint density at radius 3 is 2.60 bits per heavy atom. The van der Waals surface area contributed by atoms with Crippen molar-refractivity contribution in [2.45, 2.75) is 39.1 Å². The summed E-state index contributed by atoms with van der Waals surface area (Å²) in [7, 11) is 1.98. The molecule has 3 atom stereocenters. The lowest BCUT2D eigenvalue weighted by Crippen LogP contribution is -2.49. The van der Waals surface area contributed by atoms with Gasteiger partial charge in [0.05, 0.1) is 29.6 Å². The molecule has 0 spiro atoms. The highest BCUT2D eigenvalue weighted by atomic mass is 16.5. The third-order valence-electron chi connectivity index (χ3n) is 8.01. The average molecular weight is 642 g/mol. The van der Waals surface area contributed by atoms with Crippen molar-refractivity contribution in [1.82, 2.24) is 30.0 Å². The van der Waals surface area contributed by atoms with Gasteiger partial charge in [0, 0.05) is 36.8 Å². The summed E-state index contributed by atoms with van der Waals surface area (Å²) in [6, 6.07) is 19.0. The SMILES string of the molecule is C[C@H](CO)N1C[C@H](C)[C@H](CN(C)Cc2ccc(C(=O)Nc3ccccc3N)cc2)Oc2ccc(NC(=O)Cn3cnnn3)cc2C1=O. The van der Waals surface area contributed by atoms with Gasteiger partial charge in [0.2, 0.25) is 5.91 Å². The molecule has 5 N–H and O–H groups in total. The first-order valence-electron chi connectivity index (χ1n) is 15.3. The fraction of sp³-hybridized carbons (Fsp3) is 0.333. The molecule has 0 bridgehead atoms. The quantitative estimate of drug-likeness (QED) is 0.178. The van der Waals surface area contributed by atoms with Gasteiger partial charge in [-0.05, 0) is 72.4 Å². The number of rotatable bonds is 11. The summed E-state index contributed by atoms with van der Waals surface area (Å²) in [5.74, 6) is -0.584. The molecule has 4 aromatic rings. The number of fused-ring (bicyclic) bond motifs is 1. The number of ether oxygens (including phenoxy) is 1. The Bertz CT molecular complexity index is 1700. The first kappa shape index (κ1) is 33.0. The van der Waals surface area contributed by atoms with E-state index in [9.17, 15) is 19.5 Å². The first-order valence-corrected chi connectivity index (χ1v) is 15.3. The number of likely N-dealkylation sites (N-methyl/N-ethyl adjacent to an activating group) is 1. The number of hydrogen-bond donors (Lipinski definition) is 4. The van der Waals surface area contributed by atoms with Crippen molar-refractivity contribution in [3.05, 3.63) is 89.7 Å². The van der Waals surface area contributed by atoms with Crippen molar-refractivity contribution < 1.29 is 24.2 Å². The molecule has 5 rings (SSSR count). The van der Waals surface area contributed by atoms with Crippen LogP contribution in [0.3, 0.4) is 0 Å². The molecule has 14 nitrogen and oxygen atoms in total. The van der Waals surface area contributed by atoms with Gasteiger partial charge in [-0.25, -0.2) is 4.68 Å². The van der Waals surface area contributed by atoms with E-state index >= 15 is 0 Å². The van der Waals surface area contributed by atoms with Crippen LogP contribution in [-0.2, 0) is 17.9 Å². The third-order valence-corrected chi connectivity index (χ3v) is 8.01. The number of aliphatic hydroxyl groups excluding tert-OH is 1. The van der Waals surface area contributed by atoms with Crippen LogP contribution in [0.25, 0.3) is 0 Å². The van der Waals surface area contributed by atoms with Crippen LogP contribution in [-0.4, -0.2) is 91.7 Å². The summed E-state index contributed by atoms with van der Waals surface area (Å²) in [6.45, 7) is 5.02. The fourth-order valence-electron chi connectivity index (χ4n) is 5.37. The van der Waals surface area contributed by atoms with Gasteiger partial charge in [0.15, 0.2) is 0 Å². The highest BCUT2D eigenvalue weighted by Crippen LogP contribution is 2.31. The topological polar surface area (TPSA) is 181 Å². The van der Waals surface area contributed by atoms with E-state index in [4.69, 9.17) is 10.5 Å². The van der Waals surface area contributed by atoms with Gasteiger partial charge >= 0.3 is 0 Å². The molecule has 3 aromatic carbocycles. The molecule has 47 heavy (non-hydrogen) atoms. The lowest BCUT2D eigenvalue weighted by atomic mass is 9.99. The number of amides is 3. The van der Waals surface area contributed by atoms with Crippen LogP contribution in [0.4, 0.5) is 17.1 Å². The zero-order chi connectivity index (χ0) is 33.5. The third kappa shape index (κ3) is 8.28. The van der Waals surface area contributed by atoms with Crippen LogP contribution < -0.4 is 21.1 Å². The lowest BCUT2D eigenvalue weighted by molar-refractivity contribution is -0.116. The fourth-order valence-corrected chi connectivity index (χ4v) is 5.37. The zero-order valence-electron chi connectivity index (χ0n) is 26.5. The van der Waals surface area contributed by atoms with Gasteiger partial charge in [0.25, 0.3) is 11.8 Å². The van der Waals surface area contributed by atoms with Crippen molar-refractivity contribution >= 4 is 34.8 Å². The maximum atomic E-state index is 13.7. The van der Waals surface area contributed by atoms with Crippen molar-refractivity contribution in [2.75, 3.05) is 43.1 Å². The Hall–Kier alpha value is -5.34. The summed E-state index contributed by atoms with van der Waals surface area (Å²) < 4.78 is 7.78. The molecule has 0 aliphatic carbocycles. The van der Waals surface area contributed by atoms with E-state index in [-0.39, 0.29) is 48.5 Å². The minimum absolute atomic E-state index is 0.0734. The number of carbonyl (C=O) groups is 3. The first-order chi connectivity index (χ1) is 22.6. The molecule has 14 heteroatoms. The molecule has 0 radical (unpaired) electrons. The number of carbonyl (C=O) groups excluding carboxylic acids is 3. The Balaban J connectivity index is 1.28. The number of anilines is 3. The monoisotopic (exact) mass is 641 g/mol. The predicted molar refractivity (Wildman–Crippen MR) is 176 cm³/mol. The molecule has 1 aromatic heterocycles. The van der Waals surface area contributed by atoms with E-state index < -0.39 is 6.04 Å². The summed E-state index contributed by atoms with van der Waals surface area (Å²) in [5, 5.41) is 26.4. The smallest absolute Gasteiger partial charge is 0.258 e. The maximum Gasteiger partial charge on any atom is 0.258 e. The number of aliphatic hydroxyl groups is 1. The van der Waals surface area contributed by atoms with Gasteiger partial charge in [0.1, 0.15) is 24.7 Å². The Kier molecular flexibility index (Phi) is 10.4. The number of hydrogen-bond acceptors (Lipinski definition) is 10. The van der Waals surface area contributed by atoms with Crippen molar-refractivity contribution in [3.63, 3.8) is 0 Å². The number of aromatic nitrogens is 4. The van der Waals surface area contributed by atoms with Crippen LogP contribution in [0.5, 0.6) is 5.75 Å². The Morgan fingerprint density at radius 2 is 1.89 bits per heavy atom. The second-order valence-corrected chi connectivity index (χ2v) is 11.8. The molecule has 1 aliphatic heterocycles. The van der Waals surface area contributed by atoms with Crippen molar-refractivity contribution in [2.24, 2.45) is 5.92 Å². The second kappa shape index (κ2) is 14.8. The van der Waals surface area contributed by atoms with Gasteiger partial charge in [-0.2, -0.15) is 0 Å². The standard InChI is InChI=1S/C33H39N9O5/c1-21-15-42(22(2)19-43)33(46)26-14-25(36-31(44)18-41-20-35-38-39-41)12-13-29(26)47-30(21)17-40(3)16-23-8-10-24(11-9-23)32(45)37-28-7-5-4-6-27(28)34/h4-14,20-22,30,43H,15-19,34H2,1-3H3,(H,36,44)(H,37,45)/t21-,22+,30-/m0/s1. The van der Waals surface area contributed by atoms with Crippen LogP contribution in [0.15, 0.2) is 73.1 Å². The van der Waals surface area contributed by atoms with Gasteiger partial charge < -0.3 is 31.1 Å². The van der Waals surface area contributed by atoms with E-state index in [0.29, 0.717) is 48.0 Å². The van der Waals surface area contributed by atoms with Crippen LogP contribution in [0, 0.1) is 5.92 Å². The van der Waals surface area contributed by atoms with Gasteiger partial charge in [-0.1, -0.05) is 31.2 Å². The molecular weight excluding hydrogens is 602 g/mol. The zero-order valence-corrected chi connectivity index (χ0v) is 26.5. The number of tetrazole rings is 1. The normalized spacial score (nSPS) is 16.9. The van der Waals surface area contributed by atoms with E-state index in [1.54, 1.807) is 54.3 Å². The van der Waals surface area contributed by atoms with E-state index in [2.05, 4.69) is 31.1 Å². The molecule has 3 amide bonds.